The Morgan fingerprint density at radius 2 is 1.91 bits per heavy atom. The number of benzene rings is 1. The van der Waals surface area contributed by atoms with E-state index in [-0.39, 0.29) is 11.7 Å². The van der Waals surface area contributed by atoms with Gasteiger partial charge < -0.3 is 4.90 Å². The number of amides is 1. The average molecular weight is 357 g/mol. The molecular weight excluding hydrogens is 339 g/mol. The molecule has 0 atom stereocenters. The van der Waals surface area contributed by atoms with Crippen LogP contribution < -0.4 is 0 Å². The lowest BCUT2D eigenvalue weighted by Gasteiger charge is -2.39. The summed E-state index contributed by atoms with van der Waals surface area (Å²) in [6.45, 7) is 0. The molecule has 6 heteroatoms. The Bertz CT molecular complexity index is 574. The van der Waals surface area contributed by atoms with Gasteiger partial charge in [0.25, 0.3) is 0 Å². The molecule has 1 aliphatic rings. The minimum Gasteiger partial charge on any atom is -0.326 e. The van der Waals surface area contributed by atoms with E-state index in [1.54, 1.807) is 30.1 Å². The van der Waals surface area contributed by atoms with Crippen molar-refractivity contribution in [3.63, 3.8) is 0 Å². The van der Waals surface area contributed by atoms with Crippen LogP contribution in [0.1, 0.15) is 32.1 Å². The molecule has 3 nitrogen and oxygen atoms in total. The van der Waals surface area contributed by atoms with Crippen molar-refractivity contribution in [2.45, 2.75) is 42.5 Å². The Morgan fingerprint density at radius 3 is 2.45 bits per heavy atom. The van der Waals surface area contributed by atoms with Crippen molar-refractivity contribution in [2.75, 3.05) is 12.8 Å². The zero-order valence-electron chi connectivity index (χ0n) is 12.4. The van der Waals surface area contributed by atoms with Gasteiger partial charge in [0.2, 0.25) is 5.91 Å². The molecule has 0 aliphatic heterocycles. The van der Waals surface area contributed by atoms with E-state index >= 15 is 0 Å². The van der Waals surface area contributed by atoms with Crippen LogP contribution in [0.3, 0.4) is 0 Å². The first-order chi connectivity index (χ1) is 10.5. The highest BCUT2D eigenvalue weighted by Gasteiger charge is 2.38. The SMILES string of the molecule is CN(C(=O)CSc1c(Cl)cccc1Cl)C1(C#N)CCCCC1. The molecule has 1 aliphatic carbocycles. The maximum Gasteiger partial charge on any atom is 0.233 e. The summed E-state index contributed by atoms with van der Waals surface area (Å²) in [5.41, 5.74) is -0.653. The molecule has 22 heavy (non-hydrogen) atoms. The zero-order chi connectivity index (χ0) is 16.2. The fourth-order valence-corrected chi connectivity index (χ4v) is 4.35. The van der Waals surface area contributed by atoms with Gasteiger partial charge in [-0.15, -0.1) is 11.8 Å². The summed E-state index contributed by atoms with van der Waals surface area (Å²) in [4.78, 5) is 14.8. The quantitative estimate of drug-likeness (QED) is 0.729. The maximum absolute atomic E-state index is 12.5. The van der Waals surface area contributed by atoms with Crippen molar-refractivity contribution in [2.24, 2.45) is 0 Å². The Morgan fingerprint density at radius 1 is 1.32 bits per heavy atom. The van der Waals surface area contributed by atoms with E-state index in [0.717, 1.165) is 32.1 Å². The highest BCUT2D eigenvalue weighted by atomic mass is 35.5. The fraction of sp³-hybridized carbons (Fsp3) is 0.500. The van der Waals surface area contributed by atoms with Crippen LogP contribution >= 0.6 is 35.0 Å². The van der Waals surface area contributed by atoms with Crippen molar-refractivity contribution < 1.29 is 4.79 Å². The van der Waals surface area contributed by atoms with Crippen molar-refractivity contribution in [1.29, 1.82) is 5.26 Å². The molecule has 0 N–H and O–H groups in total. The predicted molar refractivity (Wildman–Crippen MR) is 91.4 cm³/mol. The highest BCUT2D eigenvalue weighted by Crippen LogP contribution is 2.36. The van der Waals surface area contributed by atoms with Gasteiger partial charge >= 0.3 is 0 Å². The van der Waals surface area contributed by atoms with Gasteiger partial charge in [-0.1, -0.05) is 48.5 Å². The topological polar surface area (TPSA) is 44.1 Å². The summed E-state index contributed by atoms with van der Waals surface area (Å²) in [6, 6.07) is 7.64. The zero-order valence-corrected chi connectivity index (χ0v) is 14.8. The van der Waals surface area contributed by atoms with Gasteiger partial charge in [0.15, 0.2) is 0 Å². The van der Waals surface area contributed by atoms with E-state index in [0.29, 0.717) is 14.9 Å². The second kappa shape index (κ2) is 7.59. The third kappa shape index (κ3) is 3.71. The van der Waals surface area contributed by atoms with Crippen LogP contribution in [-0.4, -0.2) is 29.1 Å². The highest BCUT2D eigenvalue weighted by molar-refractivity contribution is 8.00. The summed E-state index contributed by atoms with van der Waals surface area (Å²) in [5.74, 6) is 0.160. The van der Waals surface area contributed by atoms with Gasteiger partial charge in [0.1, 0.15) is 5.54 Å². The van der Waals surface area contributed by atoms with Crippen molar-refractivity contribution in [3.05, 3.63) is 28.2 Å². The Hall–Kier alpha value is -0.890. The van der Waals surface area contributed by atoms with E-state index in [1.807, 2.05) is 0 Å². The van der Waals surface area contributed by atoms with Gasteiger partial charge in [-0.05, 0) is 25.0 Å². The lowest BCUT2D eigenvalue weighted by molar-refractivity contribution is -0.131. The van der Waals surface area contributed by atoms with E-state index in [9.17, 15) is 10.1 Å². The Kier molecular flexibility index (Phi) is 6.02. The van der Waals surface area contributed by atoms with Crippen molar-refractivity contribution in [1.82, 2.24) is 4.90 Å². The van der Waals surface area contributed by atoms with Crippen molar-refractivity contribution >= 4 is 40.9 Å². The Labute approximate surface area is 145 Å². The molecule has 0 radical (unpaired) electrons. The smallest absolute Gasteiger partial charge is 0.233 e. The summed E-state index contributed by atoms with van der Waals surface area (Å²) < 4.78 is 0. The summed E-state index contributed by atoms with van der Waals surface area (Å²) >= 11 is 13.5. The first kappa shape index (κ1) is 17.5. The number of hydrogen-bond acceptors (Lipinski definition) is 3. The van der Waals surface area contributed by atoms with Crippen LogP contribution in [-0.2, 0) is 4.79 Å². The lowest BCUT2D eigenvalue weighted by atomic mass is 9.81. The number of rotatable bonds is 4. The molecule has 1 saturated carbocycles. The van der Waals surface area contributed by atoms with Crippen LogP contribution in [0.2, 0.25) is 10.0 Å². The van der Waals surface area contributed by atoms with E-state index in [4.69, 9.17) is 23.2 Å². The molecule has 1 aromatic carbocycles. The molecule has 1 aromatic rings. The Balaban J connectivity index is 2.04. The molecule has 0 spiro atoms. The molecule has 118 valence electrons. The number of carbonyl (C=O) groups excluding carboxylic acids is 1. The normalized spacial score (nSPS) is 16.8. The monoisotopic (exact) mass is 356 g/mol. The molecule has 0 unspecified atom stereocenters. The van der Waals surface area contributed by atoms with Crippen molar-refractivity contribution in [3.8, 4) is 6.07 Å². The number of thioether (sulfide) groups is 1. The molecule has 0 bridgehead atoms. The lowest BCUT2D eigenvalue weighted by Crippen LogP contribution is -2.50. The van der Waals surface area contributed by atoms with Crippen LogP contribution in [0.4, 0.5) is 0 Å². The first-order valence-corrected chi connectivity index (χ1v) is 8.99. The van der Waals surface area contributed by atoms with Gasteiger partial charge in [-0.25, -0.2) is 0 Å². The van der Waals surface area contributed by atoms with Gasteiger partial charge in [-0.2, -0.15) is 5.26 Å². The molecule has 2 rings (SSSR count). The van der Waals surface area contributed by atoms with Gasteiger partial charge in [-0.3, -0.25) is 4.79 Å². The number of halogens is 2. The summed E-state index contributed by atoms with van der Waals surface area (Å²) in [6.07, 6.45) is 4.63. The summed E-state index contributed by atoms with van der Waals surface area (Å²) in [7, 11) is 1.73. The minimum absolute atomic E-state index is 0.0653. The van der Waals surface area contributed by atoms with Crippen LogP contribution in [0.15, 0.2) is 23.1 Å². The number of nitrogens with zero attached hydrogens (tertiary/aromatic N) is 2. The molecule has 0 heterocycles. The second-order valence-corrected chi connectivity index (χ2v) is 7.30. The minimum atomic E-state index is -0.653. The summed E-state index contributed by atoms with van der Waals surface area (Å²) in [5, 5.41) is 10.6. The molecule has 0 saturated heterocycles. The number of carbonyl (C=O) groups is 1. The van der Waals surface area contributed by atoms with Gasteiger partial charge in [0.05, 0.1) is 21.9 Å². The second-order valence-electron chi connectivity index (χ2n) is 5.50. The first-order valence-electron chi connectivity index (χ1n) is 7.25. The largest absolute Gasteiger partial charge is 0.326 e. The third-order valence-electron chi connectivity index (χ3n) is 4.16. The molecular formula is C16H18Cl2N2OS. The van der Waals surface area contributed by atoms with E-state index < -0.39 is 5.54 Å². The molecule has 1 fully saturated rings. The van der Waals surface area contributed by atoms with E-state index in [2.05, 4.69) is 6.07 Å². The van der Waals surface area contributed by atoms with Crippen LogP contribution in [0, 0.1) is 11.3 Å². The predicted octanol–water partition coefficient (Wildman–Crippen LogP) is 4.77. The molecule has 0 aromatic heterocycles. The van der Waals surface area contributed by atoms with E-state index in [1.165, 1.54) is 11.8 Å². The number of hydrogen-bond donors (Lipinski definition) is 0. The molecule has 1 amide bonds. The third-order valence-corrected chi connectivity index (χ3v) is 6.14. The van der Waals surface area contributed by atoms with Crippen LogP contribution in [0.5, 0.6) is 0 Å². The van der Waals surface area contributed by atoms with Crippen LogP contribution in [0.25, 0.3) is 0 Å². The number of nitriles is 1. The van der Waals surface area contributed by atoms with Gasteiger partial charge in [0, 0.05) is 11.9 Å². The maximum atomic E-state index is 12.5. The standard InChI is InChI=1S/C16H18Cl2N2OS/c1-20(16(11-19)8-3-2-4-9-16)14(21)10-22-15-12(17)6-5-7-13(15)18/h5-7H,2-4,8-10H2,1H3. The average Bonchev–Trinajstić information content (AvgIpc) is 2.54. The fourth-order valence-electron chi connectivity index (χ4n) is 2.75.